The van der Waals surface area contributed by atoms with Gasteiger partial charge in [-0.2, -0.15) is 0 Å². The van der Waals surface area contributed by atoms with E-state index in [2.05, 4.69) is 10.6 Å². The van der Waals surface area contributed by atoms with Crippen LogP contribution < -0.4 is 15.4 Å². The maximum Gasteiger partial charge on any atom is 0.325 e. The summed E-state index contributed by atoms with van der Waals surface area (Å²) in [6.45, 7) is 0.338. The lowest BCUT2D eigenvalue weighted by Crippen LogP contribution is -2.48. The molecule has 0 radical (unpaired) electrons. The van der Waals surface area contributed by atoms with Crippen molar-refractivity contribution in [3.63, 3.8) is 0 Å². The Balaban J connectivity index is 1.48. The highest BCUT2D eigenvalue weighted by Crippen LogP contribution is 2.40. The summed E-state index contributed by atoms with van der Waals surface area (Å²) in [4.78, 5) is 38.8. The van der Waals surface area contributed by atoms with E-state index in [1.54, 1.807) is 18.2 Å². The number of imide groups is 1. The Hall–Kier alpha value is -3.35. The zero-order valence-corrected chi connectivity index (χ0v) is 14.6. The number of hydrogen-bond acceptors (Lipinski definition) is 4. The number of carbonyl (C=O) groups excluding carboxylic acids is 3. The molecule has 0 aromatic heterocycles. The van der Waals surface area contributed by atoms with E-state index in [4.69, 9.17) is 4.74 Å². The fraction of sp³-hybridized carbons (Fsp3) is 0.250. The molecule has 0 unspecified atom stereocenters. The minimum absolute atomic E-state index is 0.317. The number of rotatable bonds is 4. The van der Waals surface area contributed by atoms with Crippen LogP contribution in [-0.2, 0) is 21.7 Å². The zero-order chi connectivity index (χ0) is 18.9. The van der Waals surface area contributed by atoms with E-state index >= 15 is 0 Å². The number of fused-ring (bicyclic) bond motifs is 2. The van der Waals surface area contributed by atoms with Gasteiger partial charge in [0, 0.05) is 18.5 Å². The Morgan fingerprint density at radius 3 is 2.67 bits per heavy atom. The summed E-state index contributed by atoms with van der Waals surface area (Å²) in [7, 11) is 0. The van der Waals surface area contributed by atoms with Crippen LogP contribution in [-0.4, -0.2) is 35.9 Å². The smallest absolute Gasteiger partial charge is 0.325 e. The molecule has 27 heavy (non-hydrogen) atoms. The van der Waals surface area contributed by atoms with Gasteiger partial charge in [-0.25, -0.2) is 4.79 Å². The Morgan fingerprint density at radius 2 is 1.85 bits per heavy atom. The first-order chi connectivity index (χ1) is 13.1. The van der Waals surface area contributed by atoms with Crippen molar-refractivity contribution < 1.29 is 19.1 Å². The van der Waals surface area contributed by atoms with Crippen LogP contribution in [0.2, 0.25) is 0 Å². The minimum atomic E-state index is -1.16. The minimum Gasteiger partial charge on any atom is -0.493 e. The number of hydrogen-bond donors (Lipinski definition) is 2. The van der Waals surface area contributed by atoms with Gasteiger partial charge in [-0.15, -0.1) is 0 Å². The number of amides is 4. The lowest BCUT2D eigenvalue weighted by molar-refractivity contribution is -0.136. The van der Waals surface area contributed by atoms with Crippen LogP contribution >= 0.6 is 0 Å². The van der Waals surface area contributed by atoms with E-state index in [0.717, 1.165) is 10.5 Å². The van der Waals surface area contributed by atoms with Gasteiger partial charge in [-0.1, -0.05) is 48.5 Å². The topological polar surface area (TPSA) is 87.7 Å². The van der Waals surface area contributed by atoms with E-state index in [1.165, 1.54) is 0 Å². The van der Waals surface area contributed by atoms with Crippen LogP contribution in [0.25, 0.3) is 0 Å². The molecule has 1 fully saturated rings. The number of ether oxygens (including phenoxy) is 1. The molecule has 1 atom stereocenters. The normalized spacial score (nSPS) is 20.8. The number of para-hydroxylation sites is 1. The van der Waals surface area contributed by atoms with Gasteiger partial charge in [0.2, 0.25) is 5.91 Å². The summed E-state index contributed by atoms with van der Waals surface area (Å²) in [5, 5.41) is 5.52. The van der Waals surface area contributed by atoms with Crippen LogP contribution in [0.1, 0.15) is 17.5 Å². The van der Waals surface area contributed by atoms with Gasteiger partial charge in [-0.3, -0.25) is 14.5 Å². The summed E-state index contributed by atoms with van der Waals surface area (Å²) >= 11 is 0. The van der Waals surface area contributed by atoms with E-state index in [-0.39, 0.29) is 12.5 Å². The first-order valence-corrected chi connectivity index (χ1v) is 8.77. The third-order valence-corrected chi connectivity index (χ3v) is 4.89. The second-order valence-electron chi connectivity index (χ2n) is 6.58. The monoisotopic (exact) mass is 365 g/mol. The molecular weight excluding hydrogens is 346 g/mol. The maximum atomic E-state index is 13.1. The van der Waals surface area contributed by atoms with E-state index in [0.29, 0.717) is 30.9 Å². The predicted octanol–water partition coefficient (Wildman–Crippen LogP) is 1.53. The van der Waals surface area contributed by atoms with Crippen LogP contribution in [0.4, 0.5) is 4.79 Å². The van der Waals surface area contributed by atoms with E-state index in [1.807, 2.05) is 36.4 Å². The molecule has 2 aliphatic heterocycles. The SMILES string of the molecule is O=C(CN1C(=O)N[C@]2(CCOc3ccccc32)C1=O)NCc1ccccc1. The highest BCUT2D eigenvalue weighted by Gasteiger charge is 2.55. The molecule has 0 aliphatic carbocycles. The van der Waals surface area contributed by atoms with Gasteiger partial charge >= 0.3 is 6.03 Å². The summed E-state index contributed by atoms with van der Waals surface area (Å²) in [5.74, 6) is -0.231. The summed E-state index contributed by atoms with van der Waals surface area (Å²) < 4.78 is 5.60. The largest absolute Gasteiger partial charge is 0.493 e. The second-order valence-corrected chi connectivity index (χ2v) is 6.58. The van der Waals surface area contributed by atoms with Gasteiger partial charge in [0.15, 0.2) is 5.54 Å². The number of urea groups is 1. The third kappa shape index (κ3) is 3.01. The van der Waals surface area contributed by atoms with Crippen LogP contribution in [0.5, 0.6) is 5.75 Å². The van der Waals surface area contributed by atoms with Crippen molar-refractivity contribution >= 4 is 17.8 Å². The van der Waals surface area contributed by atoms with Crippen molar-refractivity contribution in [2.45, 2.75) is 18.5 Å². The van der Waals surface area contributed by atoms with Crippen LogP contribution in [0, 0.1) is 0 Å². The van der Waals surface area contributed by atoms with Gasteiger partial charge in [-0.05, 0) is 11.6 Å². The average molecular weight is 365 g/mol. The van der Waals surface area contributed by atoms with Gasteiger partial charge in [0.1, 0.15) is 12.3 Å². The molecule has 7 heteroatoms. The zero-order valence-electron chi connectivity index (χ0n) is 14.6. The molecule has 4 amide bonds. The summed E-state index contributed by atoms with van der Waals surface area (Å²) in [6, 6.07) is 16.0. The molecule has 0 bridgehead atoms. The van der Waals surface area contributed by atoms with Crippen molar-refractivity contribution in [1.82, 2.24) is 15.5 Å². The van der Waals surface area contributed by atoms with E-state index in [9.17, 15) is 14.4 Å². The van der Waals surface area contributed by atoms with E-state index < -0.39 is 17.5 Å². The Kier molecular flexibility index (Phi) is 4.27. The van der Waals surface area contributed by atoms with Crippen molar-refractivity contribution in [2.24, 2.45) is 0 Å². The summed E-state index contributed by atoms with van der Waals surface area (Å²) in [5.41, 5.74) is 0.408. The molecule has 1 spiro atoms. The van der Waals surface area contributed by atoms with Crippen molar-refractivity contribution in [3.8, 4) is 5.75 Å². The first kappa shape index (κ1) is 17.1. The predicted molar refractivity (Wildman–Crippen MR) is 96.8 cm³/mol. The molecule has 2 aliphatic rings. The highest BCUT2D eigenvalue weighted by molar-refractivity contribution is 6.09. The number of nitrogens with zero attached hydrogens (tertiary/aromatic N) is 1. The maximum absolute atomic E-state index is 13.1. The molecule has 4 rings (SSSR count). The fourth-order valence-electron chi connectivity index (χ4n) is 3.51. The second kappa shape index (κ2) is 6.75. The van der Waals surface area contributed by atoms with Gasteiger partial charge in [0.25, 0.3) is 5.91 Å². The molecule has 138 valence electrons. The van der Waals surface area contributed by atoms with Gasteiger partial charge in [0.05, 0.1) is 6.61 Å². The van der Waals surface area contributed by atoms with Crippen LogP contribution in [0.15, 0.2) is 54.6 Å². The fourth-order valence-corrected chi connectivity index (χ4v) is 3.51. The molecule has 2 N–H and O–H groups in total. The molecule has 2 heterocycles. The number of nitrogens with one attached hydrogen (secondary N) is 2. The number of benzene rings is 2. The molecule has 1 saturated heterocycles. The Morgan fingerprint density at radius 1 is 1.11 bits per heavy atom. The summed E-state index contributed by atoms with van der Waals surface area (Å²) in [6.07, 6.45) is 0.330. The Labute approximate surface area is 156 Å². The number of carbonyl (C=O) groups is 3. The highest BCUT2D eigenvalue weighted by atomic mass is 16.5. The third-order valence-electron chi connectivity index (χ3n) is 4.89. The lowest BCUT2D eigenvalue weighted by Gasteiger charge is -2.33. The molecular formula is C20H19N3O4. The molecule has 2 aromatic rings. The first-order valence-electron chi connectivity index (χ1n) is 8.77. The van der Waals surface area contributed by atoms with Crippen LogP contribution in [0.3, 0.4) is 0 Å². The molecule has 0 saturated carbocycles. The van der Waals surface area contributed by atoms with Crippen molar-refractivity contribution in [2.75, 3.05) is 13.2 Å². The average Bonchev–Trinajstić information content (AvgIpc) is 2.92. The quantitative estimate of drug-likeness (QED) is 0.805. The van der Waals surface area contributed by atoms with Crippen molar-refractivity contribution in [1.29, 1.82) is 0 Å². The van der Waals surface area contributed by atoms with Gasteiger partial charge < -0.3 is 15.4 Å². The molecule has 7 nitrogen and oxygen atoms in total. The molecule has 2 aromatic carbocycles. The Bertz CT molecular complexity index is 899. The van der Waals surface area contributed by atoms with Crippen molar-refractivity contribution in [3.05, 3.63) is 65.7 Å². The lowest BCUT2D eigenvalue weighted by atomic mass is 9.84. The standard InChI is InChI=1S/C20H19N3O4/c24-17(21-12-14-6-2-1-3-7-14)13-23-18(25)20(22-19(23)26)10-11-27-16-9-5-4-8-15(16)20/h1-9H,10-13H2,(H,21,24)(H,22,26)/t20-/m0/s1.